The van der Waals surface area contributed by atoms with Crippen LogP contribution in [0.2, 0.25) is 0 Å². The van der Waals surface area contributed by atoms with Gasteiger partial charge < -0.3 is 4.42 Å². The van der Waals surface area contributed by atoms with Crippen LogP contribution in [-0.4, -0.2) is 5.78 Å². The number of nitriles is 1. The maximum Gasteiger partial charge on any atom is 0.202 e. The molecule has 0 N–H and O–H groups in total. The van der Waals surface area contributed by atoms with E-state index in [0.717, 1.165) is 12.8 Å². The fraction of sp³-hybridized carbons (Fsp3) is 0.538. The van der Waals surface area contributed by atoms with Gasteiger partial charge in [-0.2, -0.15) is 5.26 Å². The maximum absolute atomic E-state index is 12.1. The number of carbonyl (C=O) groups excluding carboxylic acids is 1. The molecule has 0 aliphatic heterocycles. The van der Waals surface area contributed by atoms with Crippen molar-refractivity contribution in [1.29, 1.82) is 5.26 Å². The van der Waals surface area contributed by atoms with Gasteiger partial charge in [-0.3, -0.25) is 4.79 Å². The summed E-state index contributed by atoms with van der Waals surface area (Å²) in [6.45, 7) is 4.10. The second kappa shape index (κ2) is 6.12. The number of furan rings is 1. The first-order valence-electron chi connectivity index (χ1n) is 5.65. The molecule has 2 unspecified atom stereocenters. The summed E-state index contributed by atoms with van der Waals surface area (Å²) in [5.41, 5.74) is 0. The van der Waals surface area contributed by atoms with Gasteiger partial charge in [0, 0.05) is 12.3 Å². The Balaban J connectivity index is 2.78. The third-order valence-electron chi connectivity index (χ3n) is 2.84. The predicted octanol–water partition coefficient (Wildman–Crippen LogP) is 3.43. The number of ketones is 1. The van der Waals surface area contributed by atoms with Crippen molar-refractivity contribution in [1.82, 2.24) is 0 Å². The summed E-state index contributed by atoms with van der Waals surface area (Å²) in [6.07, 6.45) is 3.73. The van der Waals surface area contributed by atoms with E-state index in [1.54, 1.807) is 12.1 Å². The van der Waals surface area contributed by atoms with Crippen LogP contribution in [-0.2, 0) is 0 Å². The van der Waals surface area contributed by atoms with Crippen LogP contribution in [0.15, 0.2) is 22.8 Å². The highest BCUT2D eigenvalue weighted by Crippen LogP contribution is 2.24. The Morgan fingerprint density at radius 3 is 2.88 bits per heavy atom. The molecule has 1 rings (SSSR count). The summed E-state index contributed by atoms with van der Waals surface area (Å²) in [5, 5.41) is 8.77. The predicted molar refractivity (Wildman–Crippen MR) is 60.8 cm³/mol. The Morgan fingerprint density at radius 2 is 2.38 bits per heavy atom. The fourth-order valence-corrected chi connectivity index (χ4v) is 1.91. The smallest absolute Gasteiger partial charge is 0.202 e. The third kappa shape index (κ3) is 2.96. The summed E-state index contributed by atoms with van der Waals surface area (Å²) < 4.78 is 5.09. The van der Waals surface area contributed by atoms with Crippen molar-refractivity contribution in [3.63, 3.8) is 0 Å². The molecule has 1 aromatic heterocycles. The number of hydrogen-bond donors (Lipinski definition) is 0. The molecule has 0 saturated heterocycles. The van der Waals surface area contributed by atoms with E-state index in [0.29, 0.717) is 5.76 Å². The SMILES string of the molecule is CCCC(C)C(CC#N)C(=O)c1ccco1. The second-order valence-electron chi connectivity index (χ2n) is 4.08. The first-order valence-corrected chi connectivity index (χ1v) is 5.65. The highest BCUT2D eigenvalue weighted by Gasteiger charge is 2.26. The average Bonchev–Trinajstić information content (AvgIpc) is 2.78. The molecule has 0 aliphatic carbocycles. The van der Waals surface area contributed by atoms with Crippen LogP contribution in [0, 0.1) is 23.2 Å². The second-order valence-corrected chi connectivity index (χ2v) is 4.08. The van der Waals surface area contributed by atoms with Crippen molar-refractivity contribution < 1.29 is 9.21 Å². The van der Waals surface area contributed by atoms with Crippen molar-refractivity contribution in [2.24, 2.45) is 11.8 Å². The fourth-order valence-electron chi connectivity index (χ4n) is 1.91. The van der Waals surface area contributed by atoms with Crippen LogP contribution in [0.4, 0.5) is 0 Å². The molecule has 1 aromatic rings. The Hall–Kier alpha value is -1.56. The van der Waals surface area contributed by atoms with Gasteiger partial charge in [-0.15, -0.1) is 0 Å². The first-order chi connectivity index (χ1) is 7.70. The third-order valence-corrected chi connectivity index (χ3v) is 2.84. The van der Waals surface area contributed by atoms with Gasteiger partial charge in [0.25, 0.3) is 0 Å². The van der Waals surface area contributed by atoms with Gasteiger partial charge in [0.1, 0.15) is 0 Å². The molecule has 0 fully saturated rings. The standard InChI is InChI=1S/C13H17NO2/c1-3-5-10(2)11(7-8-14)13(15)12-6-4-9-16-12/h4,6,9-11H,3,5,7H2,1-2H3. The van der Waals surface area contributed by atoms with Crippen LogP contribution in [0.3, 0.4) is 0 Å². The zero-order valence-electron chi connectivity index (χ0n) is 9.77. The summed E-state index contributed by atoms with van der Waals surface area (Å²) in [4.78, 5) is 12.1. The lowest BCUT2D eigenvalue weighted by Gasteiger charge is -2.18. The molecule has 0 aromatic carbocycles. The molecule has 3 nitrogen and oxygen atoms in total. The van der Waals surface area contributed by atoms with Crippen molar-refractivity contribution in [3.8, 4) is 6.07 Å². The van der Waals surface area contributed by atoms with Crippen molar-refractivity contribution in [2.75, 3.05) is 0 Å². The zero-order chi connectivity index (χ0) is 12.0. The number of rotatable bonds is 6. The van der Waals surface area contributed by atoms with Gasteiger partial charge in [-0.05, 0) is 18.1 Å². The van der Waals surface area contributed by atoms with Crippen LogP contribution >= 0.6 is 0 Å². The van der Waals surface area contributed by atoms with Crippen molar-refractivity contribution in [3.05, 3.63) is 24.2 Å². The minimum Gasteiger partial charge on any atom is -0.461 e. The highest BCUT2D eigenvalue weighted by molar-refractivity contribution is 5.95. The number of Topliss-reactive ketones (excluding diaryl/α,β-unsaturated/α-hetero) is 1. The molecule has 0 spiro atoms. The van der Waals surface area contributed by atoms with Crippen molar-refractivity contribution in [2.45, 2.75) is 33.1 Å². The number of hydrogen-bond acceptors (Lipinski definition) is 3. The van der Waals surface area contributed by atoms with Crippen molar-refractivity contribution >= 4 is 5.78 Å². The quantitative estimate of drug-likeness (QED) is 0.689. The Morgan fingerprint density at radius 1 is 1.62 bits per heavy atom. The van der Waals surface area contributed by atoms with E-state index < -0.39 is 0 Å². The Kier molecular flexibility index (Phi) is 4.78. The van der Waals surface area contributed by atoms with Gasteiger partial charge in [-0.25, -0.2) is 0 Å². The van der Waals surface area contributed by atoms with Gasteiger partial charge in [0.15, 0.2) is 5.76 Å². The van der Waals surface area contributed by atoms with Gasteiger partial charge >= 0.3 is 0 Å². The molecule has 1 heterocycles. The normalized spacial score (nSPS) is 14.1. The Bertz CT molecular complexity index is 362. The van der Waals surface area contributed by atoms with E-state index in [2.05, 4.69) is 13.0 Å². The number of nitrogens with zero attached hydrogens (tertiary/aromatic N) is 1. The molecular formula is C13H17NO2. The van der Waals surface area contributed by atoms with E-state index in [9.17, 15) is 4.79 Å². The van der Waals surface area contributed by atoms with E-state index in [-0.39, 0.29) is 24.0 Å². The van der Waals surface area contributed by atoms with E-state index in [1.807, 2.05) is 6.92 Å². The maximum atomic E-state index is 12.1. The van der Waals surface area contributed by atoms with Crippen LogP contribution < -0.4 is 0 Å². The molecule has 0 aliphatic rings. The van der Waals surface area contributed by atoms with Crippen LogP contribution in [0.1, 0.15) is 43.7 Å². The lowest BCUT2D eigenvalue weighted by atomic mass is 9.84. The van der Waals surface area contributed by atoms with E-state index in [4.69, 9.17) is 9.68 Å². The lowest BCUT2D eigenvalue weighted by Crippen LogP contribution is -2.21. The first kappa shape index (κ1) is 12.5. The van der Waals surface area contributed by atoms with Gasteiger partial charge in [-0.1, -0.05) is 26.7 Å². The van der Waals surface area contributed by atoms with Crippen LogP contribution in [0.5, 0.6) is 0 Å². The largest absolute Gasteiger partial charge is 0.461 e. The monoisotopic (exact) mass is 219 g/mol. The van der Waals surface area contributed by atoms with Gasteiger partial charge in [0.2, 0.25) is 5.78 Å². The van der Waals surface area contributed by atoms with E-state index in [1.165, 1.54) is 6.26 Å². The van der Waals surface area contributed by atoms with Crippen LogP contribution in [0.25, 0.3) is 0 Å². The molecule has 0 bridgehead atoms. The summed E-state index contributed by atoms with van der Waals surface area (Å²) in [5.74, 6) is 0.300. The minimum absolute atomic E-state index is 0.0486. The molecule has 86 valence electrons. The molecule has 0 radical (unpaired) electrons. The average molecular weight is 219 g/mol. The molecular weight excluding hydrogens is 202 g/mol. The number of carbonyl (C=O) groups is 1. The molecule has 3 heteroatoms. The zero-order valence-corrected chi connectivity index (χ0v) is 9.77. The summed E-state index contributed by atoms with van der Waals surface area (Å²) >= 11 is 0. The molecule has 0 saturated carbocycles. The minimum atomic E-state index is -0.240. The molecule has 16 heavy (non-hydrogen) atoms. The van der Waals surface area contributed by atoms with Gasteiger partial charge in [0.05, 0.1) is 12.3 Å². The summed E-state index contributed by atoms with van der Waals surface area (Å²) in [6, 6.07) is 5.44. The Labute approximate surface area is 96.1 Å². The molecule has 0 amide bonds. The lowest BCUT2D eigenvalue weighted by molar-refractivity contribution is 0.0848. The summed E-state index contributed by atoms with van der Waals surface area (Å²) in [7, 11) is 0. The molecule has 2 atom stereocenters. The highest BCUT2D eigenvalue weighted by atomic mass is 16.3. The topological polar surface area (TPSA) is 54.0 Å². The van der Waals surface area contributed by atoms with E-state index >= 15 is 0 Å².